The Hall–Kier alpha value is -3.14. The van der Waals surface area contributed by atoms with E-state index in [4.69, 9.17) is 5.73 Å². The molecule has 1 amide bonds. The highest BCUT2D eigenvalue weighted by Gasteiger charge is 2.12. The van der Waals surface area contributed by atoms with Crippen molar-refractivity contribution in [2.24, 2.45) is 5.73 Å². The Morgan fingerprint density at radius 2 is 1.91 bits per heavy atom. The number of nitrogens with two attached hydrogens (primary N) is 1. The van der Waals surface area contributed by atoms with Gasteiger partial charge in [-0.05, 0) is 24.3 Å². The smallest absolute Gasteiger partial charge is 0.250 e. The predicted octanol–water partition coefficient (Wildman–Crippen LogP) is 3.48. The molecule has 0 aliphatic carbocycles. The molecule has 106 valence electrons. The van der Waals surface area contributed by atoms with Gasteiger partial charge in [0.25, 0.3) is 5.91 Å². The zero-order valence-electron chi connectivity index (χ0n) is 11.7. The normalized spacial score (nSPS) is 11.1. The lowest BCUT2D eigenvalue weighted by molar-refractivity contribution is 0.100. The second kappa shape index (κ2) is 4.70. The first kappa shape index (κ1) is 12.6. The fourth-order valence-electron chi connectivity index (χ4n) is 2.84. The lowest BCUT2D eigenvalue weighted by Crippen LogP contribution is -2.11. The van der Waals surface area contributed by atoms with Gasteiger partial charge in [0, 0.05) is 28.2 Å². The van der Waals surface area contributed by atoms with Crippen molar-refractivity contribution in [3.8, 4) is 11.3 Å². The van der Waals surface area contributed by atoms with E-state index in [1.54, 1.807) is 12.3 Å². The van der Waals surface area contributed by atoms with E-state index in [1.807, 2.05) is 48.5 Å². The summed E-state index contributed by atoms with van der Waals surface area (Å²) in [4.78, 5) is 19.3. The molecule has 0 atom stereocenters. The molecule has 0 spiro atoms. The number of benzene rings is 2. The van der Waals surface area contributed by atoms with E-state index in [2.05, 4.69) is 9.97 Å². The molecule has 0 aliphatic heterocycles. The first-order valence-electron chi connectivity index (χ1n) is 7.00. The van der Waals surface area contributed by atoms with Crippen molar-refractivity contribution >= 4 is 27.7 Å². The molecule has 2 aromatic carbocycles. The van der Waals surface area contributed by atoms with Gasteiger partial charge in [-0.2, -0.15) is 0 Å². The second-order valence-electron chi connectivity index (χ2n) is 5.19. The number of aromatic amines is 1. The molecule has 0 saturated carbocycles. The number of carbonyl (C=O) groups excluding carboxylic acids is 1. The monoisotopic (exact) mass is 287 g/mol. The summed E-state index contributed by atoms with van der Waals surface area (Å²) in [6.45, 7) is 0. The van der Waals surface area contributed by atoms with Crippen LogP contribution in [-0.2, 0) is 0 Å². The first-order valence-corrected chi connectivity index (χ1v) is 7.00. The summed E-state index contributed by atoms with van der Waals surface area (Å²) >= 11 is 0. The molecular weight excluding hydrogens is 274 g/mol. The zero-order chi connectivity index (χ0) is 15.1. The maximum absolute atomic E-state index is 11.6. The summed E-state index contributed by atoms with van der Waals surface area (Å²) in [7, 11) is 0. The molecule has 3 N–H and O–H groups in total. The molecule has 0 bridgehead atoms. The number of para-hydroxylation sites is 2. The van der Waals surface area contributed by atoms with Crippen molar-refractivity contribution in [1.82, 2.24) is 9.97 Å². The van der Waals surface area contributed by atoms with E-state index in [0.717, 1.165) is 33.1 Å². The summed E-state index contributed by atoms with van der Waals surface area (Å²) in [5.41, 5.74) is 9.66. The van der Waals surface area contributed by atoms with Crippen LogP contribution >= 0.6 is 0 Å². The van der Waals surface area contributed by atoms with Crippen LogP contribution in [0.4, 0.5) is 0 Å². The number of H-pyrrole nitrogens is 1. The minimum Gasteiger partial charge on any atom is -0.366 e. The maximum atomic E-state index is 11.6. The SMILES string of the molecule is NC(=O)c1cccc2cc(-c3ccnc4ccccc34)[nH]c12. The van der Waals surface area contributed by atoms with Crippen molar-refractivity contribution < 1.29 is 4.79 Å². The molecule has 4 rings (SSSR count). The van der Waals surface area contributed by atoms with E-state index >= 15 is 0 Å². The minimum atomic E-state index is -0.432. The Morgan fingerprint density at radius 1 is 1.05 bits per heavy atom. The van der Waals surface area contributed by atoms with Gasteiger partial charge in [-0.1, -0.05) is 30.3 Å². The summed E-state index contributed by atoms with van der Waals surface area (Å²) in [6.07, 6.45) is 1.79. The number of nitrogens with one attached hydrogen (secondary N) is 1. The lowest BCUT2D eigenvalue weighted by atomic mass is 10.1. The number of fused-ring (bicyclic) bond motifs is 2. The number of nitrogens with zero attached hydrogens (tertiary/aromatic N) is 1. The van der Waals surface area contributed by atoms with E-state index in [0.29, 0.717) is 5.56 Å². The standard InChI is InChI=1S/C18H13N3O/c19-18(22)14-6-3-4-11-10-16(21-17(11)14)13-8-9-20-15-7-2-1-5-12(13)15/h1-10,21H,(H2,19,22). The number of carbonyl (C=O) groups is 1. The van der Waals surface area contributed by atoms with Crippen LogP contribution in [-0.4, -0.2) is 15.9 Å². The molecule has 22 heavy (non-hydrogen) atoms. The third-order valence-electron chi connectivity index (χ3n) is 3.86. The van der Waals surface area contributed by atoms with Gasteiger partial charge in [0.15, 0.2) is 0 Å². The largest absolute Gasteiger partial charge is 0.366 e. The molecule has 4 aromatic rings. The molecule has 0 fully saturated rings. The zero-order valence-corrected chi connectivity index (χ0v) is 11.7. The first-order chi connectivity index (χ1) is 10.7. The van der Waals surface area contributed by atoms with Crippen LogP contribution in [0.2, 0.25) is 0 Å². The Balaban J connectivity index is 2.01. The summed E-state index contributed by atoms with van der Waals surface area (Å²) in [6, 6.07) is 17.5. The fourth-order valence-corrected chi connectivity index (χ4v) is 2.84. The van der Waals surface area contributed by atoms with Gasteiger partial charge < -0.3 is 10.7 Å². The molecule has 2 aromatic heterocycles. The number of pyridine rings is 1. The van der Waals surface area contributed by atoms with Crippen LogP contribution in [0.25, 0.3) is 33.1 Å². The van der Waals surface area contributed by atoms with E-state index in [1.165, 1.54) is 0 Å². The Bertz CT molecular complexity index is 1010. The van der Waals surface area contributed by atoms with Gasteiger partial charge in [0.1, 0.15) is 0 Å². The van der Waals surface area contributed by atoms with Crippen LogP contribution in [0.5, 0.6) is 0 Å². The average Bonchev–Trinajstić information content (AvgIpc) is 2.97. The van der Waals surface area contributed by atoms with Gasteiger partial charge >= 0.3 is 0 Å². The number of amides is 1. The topological polar surface area (TPSA) is 71.8 Å². The predicted molar refractivity (Wildman–Crippen MR) is 87.6 cm³/mol. The van der Waals surface area contributed by atoms with E-state index in [-0.39, 0.29) is 0 Å². The van der Waals surface area contributed by atoms with E-state index < -0.39 is 5.91 Å². The van der Waals surface area contributed by atoms with Crippen LogP contribution in [0.1, 0.15) is 10.4 Å². The third kappa shape index (κ3) is 1.85. The molecule has 4 nitrogen and oxygen atoms in total. The average molecular weight is 287 g/mol. The van der Waals surface area contributed by atoms with Gasteiger partial charge in [0.2, 0.25) is 0 Å². The number of hydrogen-bond acceptors (Lipinski definition) is 2. The molecule has 2 heterocycles. The summed E-state index contributed by atoms with van der Waals surface area (Å²) in [5, 5.41) is 2.03. The van der Waals surface area contributed by atoms with Crippen LogP contribution < -0.4 is 5.73 Å². The molecule has 0 radical (unpaired) electrons. The number of aromatic nitrogens is 2. The minimum absolute atomic E-state index is 0.432. The molecule has 0 unspecified atom stereocenters. The quantitative estimate of drug-likeness (QED) is 0.592. The van der Waals surface area contributed by atoms with Gasteiger partial charge in [0.05, 0.1) is 16.6 Å². The van der Waals surface area contributed by atoms with Gasteiger partial charge in [-0.25, -0.2) is 0 Å². The number of hydrogen-bond donors (Lipinski definition) is 2. The highest BCUT2D eigenvalue weighted by Crippen LogP contribution is 2.30. The maximum Gasteiger partial charge on any atom is 0.250 e. The molecule has 0 aliphatic rings. The van der Waals surface area contributed by atoms with Crippen LogP contribution in [0.15, 0.2) is 60.8 Å². The highest BCUT2D eigenvalue weighted by atomic mass is 16.1. The van der Waals surface area contributed by atoms with Crippen molar-refractivity contribution in [2.75, 3.05) is 0 Å². The Kier molecular flexibility index (Phi) is 2.69. The Labute approximate surface area is 126 Å². The lowest BCUT2D eigenvalue weighted by Gasteiger charge is -2.03. The van der Waals surface area contributed by atoms with Gasteiger partial charge in [-0.3, -0.25) is 9.78 Å². The Morgan fingerprint density at radius 3 is 2.77 bits per heavy atom. The molecular formula is C18H13N3O. The van der Waals surface area contributed by atoms with Crippen LogP contribution in [0, 0.1) is 0 Å². The molecule has 0 saturated heterocycles. The highest BCUT2D eigenvalue weighted by molar-refractivity contribution is 6.07. The fraction of sp³-hybridized carbons (Fsp3) is 0. The van der Waals surface area contributed by atoms with Crippen molar-refractivity contribution in [3.63, 3.8) is 0 Å². The molecule has 4 heteroatoms. The number of primary amides is 1. The van der Waals surface area contributed by atoms with Crippen molar-refractivity contribution in [3.05, 3.63) is 66.4 Å². The second-order valence-corrected chi connectivity index (χ2v) is 5.19. The summed E-state index contributed by atoms with van der Waals surface area (Å²) < 4.78 is 0. The van der Waals surface area contributed by atoms with Gasteiger partial charge in [-0.15, -0.1) is 0 Å². The third-order valence-corrected chi connectivity index (χ3v) is 3.86. The van der Waals surface area contributed by atoms with Crippen molar-refractivity contribution in [2.45, 2.75) is 0 Å². The summed E-state index contributed by atoms with van der Waals surface area (Å²) in [5.74, 6) is -0.432. The van der Waals surface area contributed by atoms with E-state index in [9.17, 15) is 4.79 Å². The van der Waals surface area contributed by atoms with Crippen LogP contribution in [0.3, 0.4) is 0 Å². The van der Waals surface area contributed by atoms with Crippen molar-refractivity contribution in [1.29, 1.82) is 0 Å². The number of rotatable bonds is 2.